The van der Waals surface area contributed by atoms with Gasteiger partial charge in [-0.1, -0.05) is 0 Å². The number of alkyl halides is 2. The maximum absolute atomic E-state index is 12.5. The number of anilines is 1. The van der Waals surface area contributed by atoms with Crippen molar-refractivity contribution in [1.82, 2.24) is 19.6 Å². The monoisotopic (exact) mass is 255 g/mol. The Balaban J connectivity index is 2.08. The fourth-order valence-corrected chi connectivity index (χ4v) is 1.77. The molecular weight excluding hydrogens is 240 g/mol. The molecule has 0 spiro atoms. The fourth-order valence-electron chi connectivity index (χ4n) is 1.77. The van der Waals surface area contributed by atoms with E-state index >= 15 is 0 Å². The SMILES string of the molecule is Cc1nn(C)cc1CNc1cn(C(F)F)nc1C. The minimum absolute atomic E-state index is 0.537. The van der Waals surface area contributed by atoms with Crippen LogP contribution in [0.4, 0.5) is 14.5 Å². The third-order valence-corrected chi connectivity index (χ3v) is 2.70. The van der Waals surface area contributed by atoms with E-state index in [2.05, 4.69) is 15.5 Å². The second kappa shape index (κ2) is 4.75. The molecule has 7 heteroatoms. The van der Waals surface area contributed by atoms with Gasteiger partial charge in [0.2, 0.25) is 0 Å². The molecule has 98 valence electrons. The number of nitrogens with one attached hydrogen (secondary N) is 1. The third kappa shape index (κ3) is 2.49. The highest BCUT2D eigenvalue weighted by molar-refractivity contribution is 5.46. The zero-order valence-corrected chi connectivity index (χ0v) is 10.5. The van der Waals surface area contributed by atoms with Crippen molar-refractivity contribution in [2.24, 2.45) is 7.05 Å². The minimum Gasteiger partial charge on any atom is -0.378 e. The number of hydrogen-bond acceptors (Lipinski definition) is 3. The van der Waals surface area contributed by atoms with Crippen LogP contribution in [-0.4, -0.2) is 19.6 Å². The summed E-state index contributed by atoms with van der Waals surface area (Å²) in [5, 5.41) is 11.0. The summed E-state index contributed by atoms with van der Waals surface area (Å²) in [5.41, 5.74) is 3.11. The molecule has 0 fully saturated rings. The summed E-state index contributed by atoms with van der Waals surface area (Å²) in [6.07, 6.45) is 3.21. The highest BCUT2D eigenvalue weighted by Gasteiger charge is 2.11. The van der Waals surface area contributed by atoms with Crippen molar-refractivity contribution < 1.29 is 8.78 Å². The highest BCUT2D eigenvalue weighted by atomic mass is 19.3. The predicted octanol–water partition coefficient (Wildman–Crippen LogP) is 2.24. The first-order chi connectivity index (χ1) is 8.47. The molecule has 0 amide bonds. The number of aryl methyl sites for hydroxylation is 3. The van der Waals surface area contributed by atoms with Gasteiger partial charge in [-0.15, -0.1) is 0 Å². The van der Waals surface area contributed by atoms with E-state index in [-0.39, 0.29) is 0 Å². The fraction of sp³-hybridized carbons (Fsp3) is 0.455. The van der Waals surface area contributed by atoms with Crippen LogP contribution >= 0.6 is 0 Å². The van der Waals surface area contributed by atoms with Gasteiger partial charge in [0.05, 0.1) is 23.3 Å². The molecule has 0 aromatic carbocycles. The van der Waals surface area contributed by atoms with Gasteiger partial charge in [0.15, 0.2) is 0 Å². The van der Waals surface area contributed by atoms with Gasteiger partial charge in [0.1, 0.15) is 0 Å². The van der Waals surface area contributed by atoms with Crippen LogP contribution < -0.4 is 5.32 Å². The van der Waals surface area contributed by atoms with Crippen molar-refractivity contribution in [2.75, 3.05) is 5.32 Å². The molecule has 2 aromatic rings. The second-order valence-electron chi connectivity index (χ2n) is 4.15. The van der Waals surface area contributed by atoms with Gasteiger partial charge >= 0.3 is 6.55 Å². The van der Waals surface area contributed by atoms with E-state index in [0.717, 1.165) is 11.3 Å². The lowest BCUT2D eigenvalue weighted by Gasteiger charge is -2.03. The molecular formula is C11H15F2N5. The first-order valence-corrected chi connectivity index (χ1v) is 5.54. The third-order valence-electron chi connectivity index (χ3n) is 2.70. The van der Waals surface area contributed by atoms with Gasteiger partial charge in [0, 0.05) is 25.4 Å². The van der Waals surface area contributed by atoms with Crippen LogP contribution in [0.25, 0.3) is 0 Å². The van der Waals surface area contributed by atoms with Gasteiger partial charge in [-0.05, 0) is 13.8 Å². The van der Waals surface area contributed by atoms with Crippen LogP contribution in [0.3, 0.4) is 0 Å². The topological polar surface area (TPSA) is 47.7 Å². The Morgan fingerprint density at radius 2 is 1.94 bits per heavy atom. The van der Waals surface area contributed by atoms with Crippen molar-refractivity contribution in [1.29, 1.82) is 0 Å². The van der Waals surface area contributed by atoms with Crippen LogP contribution in [0.2, 0.25) is 0 Å². The molecule has 0 radical (unpaired) electrons. The smallest absolute Gasteiger partial charge is 0.333 e. The Hall–Kier alpha value is -1.92. The van der Waals surface area contributed by atoms with Gasteiger partial charge in [-0.25, -0.2) is 4.68 Å². The first kappa shape index (κ1) is 12.5. The van der Waals surface area contributed by atoms with Crippen LogP contribution in [-0.2, 0) is 13.6 Å². The summed E-state index contributed by atoms with van der Waals surface area (Å²) >= 11 is 0. The quantitative estimate of drug-likeness (QED) is 0.911. The molecule has 0 aliphatic heterocycles. The van der Waals surface area contributed by atoms with Gasteiger partial charge in [-0.2, -0.15) is 19.0 Å². The summed E-state index contributed by atoms with van der Waals surface area (Å²) in [6.45, 7) is 1.53. The molecule has 0 atom stereocenters. The summed E-state index contributed by atoms with van der Waals surface area (Å²) in [7, 11) is 1.84. The molecule has 2 aromatic heterocycles. The van der Waals surface area contributed by atoms with E-state index in [1.807, 2.05) is 20.2 Å². The Labute approximate surface area is 103 Å². The predicted molar refractivity (Wildman–Crippen MR) is 63.5 cm³/mol. The van der Waals surface area contributed by atoms with Gasteiger partial charge < -0.3 is 5.32 Å². The van der Waals surface area contributed by atoms with Crippen LogP contribution in [0.5, 0.6) is 0 Å². The van der Waals surface area contributed by atoms with Crippen molar-refractivity contribution in [3.05, 3.63) is 29.3 Å². The lowest BCUT2D eigenvalue weighted by Crippen LogP contribution is -2.00. The largest absolute Gasteiger partial charge is 0.378 e. The highest BCUT2D eigenvalue weighted by Crippen LogP contribution is 2.18. The van der Waals surface area contributed by atoms with Crippen molar-refractivity contribution in [3.8, 4) is 0 Å². The average Bonchev–Trinajstić information content (AvgIpc) is 2.79. The lowest BCUT2D eigenvalue weighted by molar-refractivity contribution is 0.0563. The van der Waals surface area contributed by atoms with Gasteiger partial charge in [-0.3, -0.25) is 4.68 Å². The number of nitrogens with zero attached hydrogens (tertiary/aromatic N) is 4. The molecule has 18 heavy (non-hydrogen) atoms. The maximum atomic E-state index is 12.5. The molecule has 0 aliphatic rings. The summed E-state index contributed by atoms with van der Waals surface area (Å²) < 4.78 is 27.3. The number of hydrogen-bond donors (Lipinski definition) is 1. The van der Waals surface area contributed by atoms with E-state index in [9.17, 15) is 8.78 Å². The molecule has 2 rings (SSSR count). The van der Waals surface area contributed by atoms with Crippen molar-refractivity contribution >= 4 is 5.69 Å². The lowest BCUT2D eigenvalue weighted by atomic mass is 10.2. The molecule has 0 unspecified atom stereocenters. The number of aromatic nitrogens is 4. The summed E-state index contributed by atoms with van der Waals surface area (Å²) in [4.78, 5) is 0. The van der Waals surface area contributed by atoms with E-state index in [1.54, 1.807) is 11.6 Å². The van der Waals surface area contributed by atoms with Crippen LogP contribution in [0.1, 0.15) is 23.5 Å². The molecule has 1 N–H and O–H groups in total. The molecule has 2 heterocycles. The second-order valence-corrected chi connectivity index (χ2v) is 4.15. The number of halogens is 2. The minimum atomic E-state index is -2.61. The summed E-state index contributed by atoms with van der Waals surface area (Å²) in [5.74, 6) is 0. The van der Waals surface area contributed by atoms with E-state index in [0.29, 0.717) is 22.6 Å². The van der Waals surface area contributed by atoms with E-state index in [1.165, 1.54) is 6.20 Å². The summed E-state index contributed by atoms with van der Waals surface area (Å²) in [6, 6.07) is 0. The Morgan fingerprint density at radius 1 is 1.22 bits per heavy atom. The average molecular weight is 255 g/mol. The van der Waals surface area contributed by atoms with E-state index in [4.69, 9.17) is 0 Å². The number of rotatable bonds is 4. The van der Waals surface area contributed by atoms with E-state index < -0.39 is 6.55 Å². The Morgan fingerprint density at radius 3 is 2.44 bits per heavy atom. The first-order valence-electron chi connectivity index (χ1n) is 5.54. The molecule has 0 saturated heterocycles. The van der Waals surface area contributed by atoms with Crippen LogP contribution in [0, 0.1) is 13.8 Å². The maximum Gasteiger partial charge on any atom is 0.333 e. The Kier molecular flexibility index (Phi) is 3.31. The zero-order chi connectivity index (χ0) is 13.3. The van der Waals surface area contributed by atoms with Crippen LogP contribution in [0.15, 0.2) is 12.4 Å². The zero-order valence-electron chi connectivity index (χ0n) is 10.5. The molecule has 0 aliphatic carbocycles. The molecule has 0 saturated carbocycles. The van der Waals surface area contributed by atoms with Crippen molar-refractivity contribution in [3.63, 3.8) is 0 Å². The standard InChI is InChI=1S/C11H15F2N5/c1-7-9(5-17(3)15-7)4-14-10-6-18(11(12)13)16-8(10)2/h5-6,11,14H,4H2,1-3H3. The normalized spacial score (nSPS) is 11.2. The Bertz CT molecular complexity index is 544. The van der Waals surface area contributed by atoms with Crippen molar-refractivity contribution in [2.45, 2.75) is 26.9 Å². The van der Waals surface area contributed by atoms with Gasteiger partial charge in [0.25, 0.3) is 0 Å². The molecule has 5 nitrogen and oxygen atoms in total. The molecule has 0 bridgehead atoms.